The zero-order valence-electron chi connectivity index (χ0n) is 10.0. The lowest BCUT2D eigenvalue weighted by molar-refractivity contribution is -0.129. The molecule has 1 aliphatic heterocycles. The molecule has 1 aromatic carbocycles. The van der Waals surface area contributed by atoms with Gasteiger partial charge >= 0.3 is 0 Å². The number of amides is 1. The number of carbonyl (C=O) groups is 1. The van der Waals surface area contributed by atoms with Gasteiger partial charge in [-0.3, -0.25) is 4.79 Å². The van der Waals surface area contributed by atoms with Crippen LogP contribution in [0, 0.1) is 0 Å². The van der Waals surface area contributed by atoms with Crippen LogP contribution in [0.25, 0.3) is 0 Å². The summed E-state index contributed by atoms with van der Waals surface area (Å²) in [5, 5.41) is 9.20. The average molecular weight is 330 g/mol. The molecule has 0 spiro atoms. The van der Waals surface area contributed by atoms with E-state index in [0.29, 0.717) is 5.75 Å². The van der Waals surface area contributed by atoms with E-state index in [0.717, 1.165) is 28.8 Å². The van der Waals surface area contributed by atoms with Gasteiger partial charge in [0.15, 0.2) is 0 Å². The van der Waals surface area contributed by atoms with Crippen LogP contribution >= 0.6 is 27.7 Å². The average Bonchev–Trinajstić information content (AvgIpc) is 2.86. The van der Waals surface area contributed by atoms with E-state index in [2.05, 4.69) is 15.9 Å². The highest BCUT2D eigenvalue weighted by atomic mass is 79.9. The first-order valence-electron chi connectivity index (χ1n) is 5.99. The predicted octanol–water partition coefficient (Wildman–Crippen LogP) is 2.52. The minimum Gasteiger partial charge on any atom is -0.394 e. The first kappa shape index (κ1) is 13.9. The Balaban J connectivity index is 1.86. The van der Waals surface area contributed by atoms with Crippen molar-refractivity contribution in [1.82, 2.24) is 4.90 Å². The Morgan fingerprint density at radius 2 is 2.17 bits per heavy atom. The second-order valence-electron chi connectivity index (χ2n) is 4.31. The van der Waals surface area contributed by atoms with Crippen molar-refractivity contribution in [3.63, 3.8) is 0 Å². The van der Waals surface area contributed by atoms with Crippen LogP contribution in [0.3, 0.4) is 0 Å². The second-order valence-corrected chi connectivity index (χ2v) is 6.27. The van der Waals surface area contributed by atoms with Crippen molar-refractivity contribution in [1.29, 1.82) is 0 Å². The van der Waals surface area contributed by atoms with Crippen LogP contribution in [-0.2, 0) is 4.79 Å². The van der Waals surface area contributed by atoms with E-state index in [1.165, 1.54) is 0 Å². The summed E-state index contributed by atoms with van der Waals surface area (Å²) in [7, 11) is 0. The van der Waals surface area contributed by atoms with E-state index >= 15 is 0 Å². The number of nitrogens with zero attached hydrogens (tertiary/aromatic N) is 1. The van der Waals surface area contributed by atoms with Gasteiger partial charge in [0.05, 0.1) is 18.4 Å². The molecule has 1 aliphatic rings. The van der Waals surface area contributed by atoms with E-state index in [1.807, 2.05) is 29.2 Å². The van der Waals surface area contributed by atoms with E-state index < -0.39 is 0 Å². The SMILES string of the molecule is O=C(CSc1ccc(Br)cc1)N1CCC[C@@H]1CO. The zero-order valence-corrected chi connectivity index (χ0v) is 12.4. The van der Waals surface area contributed by atoms with Crippen LogP contribution in [0.15, 0.2) is 33.6 Å². The third-order valence-electron chi connectivity index (χ3n) is 3.08. The maximum Gasteiger partial charge on any atom is 0.233 e. The molecule has 0 saturated carbocycles. The molecule has 5 heteroatoms. The number of aliphatic hydroxyl groups excluding tert-OH is 1. The van der Waals surface area contributed by atoms with Crippen LogP contribution in [0.2, 0.25) is 0 Å². The quantitative estimate of drug-likeness (QED) is 0.863. The standard InChI is InChI=1S/C13H16BrNO2S/c14-10-3-5-12(6-4-10)18-9-13(17)15-7-1-2-11(15)8-16/h3-6,11,16H,1-2,7-9H2/t11-/m1/s1. The molecule has 1 saturated heterocycles. The van der Waals surface area contributed by atoms with E-state index in [-0.39, 0.29) is 18.6 Å². The number of aliphatic hydroxyl groups is 1. The Labute approximate surface area is 120 Å². The van der Waals surface area contributed by atoms with E-state index in [4.69, 9.17) is 0 Å². The predicted molar refractivity (Wildman–Crippen MR) is 76.7 cm³/mol. The van der Waals surface area contributed by atoms with Crippen molar-refractivity contribution in [3.8, 4) is 0 Å². The highest BCUT2D eigenvalue weighted by Crippen LogP contribution is 2.23. The molecule has 0 aliphatic carbocycles. The Morgan fingerprint density at radius 3 is 2.83 bits per heavy atom. The van der Waals surface area contributed by atoms with Gasteiger partial charge in [-0.1, -0.05) is 15.9 Å². The van der Waals surface area contributed by atoms with Gasteiger partial charge in [0.2, 0.25) is 5.91 Å². The lowest BCUT2D eigenvalue weighted by Crippen LogP contribution is -2.38. The van der Waals surface area contributed by atoms with Gasteiger partial charge in [-0.2, -0.15) is 0 Å². The van der Waals surface area contributed by atoms with Crippen molar-refractivity contribution < 1.29 is 9.90 Å². The van der Waals surface area contributed by atoms with Crippen molar-refractivity contribution in [3.05, 3.63) is 28.7 Å². The Bertz CT molecular complexity index is 410. The van der Waals surface area contributed by atoms with Gasteiger partial charge < -0.3 is 10.0 Å². The maximum absolute atomic E-state index is 12.0. The summed E-state index contributed by atoms with van der Waals surface area (Å²) in [5.74, 6) is 0.567. The fraction of sp³-hybridized carbons (Fsp3) is 0.462. The van der Waals surface area contributed by atoms with Gasteiger partial charge in [0, 0.05) is 15.9 Å². The third-order valence-corrected chi connectivity index (χ3v) is 4.61. The largest absolute Gasteiger partial charge is 0.394 e. The number of hydrogen-bond donors (Lipinski definition) is 1. The first-order valence-corrected chi connectivity index (χ1v) is 7.77. The number of thioether (sulfide) groups is 1. The third kappa shape index (κ3) is 3.49. The fourth-order valence-electron chi connectivity index (χ4n) is 2.11. The first-order chi connectivity index (χ1) is 8.70. The number of hydrogen-bond acceptors (Lipinski definition) is 3. The molecule has 1 heterocycles. The summed E-state index contributed by atoms with van der Waals surface area (Å²) in [6, 6.07) is 7.96. The summed E-state index contributed by atoms with van der Waals surface area (Å²) in [4.78, 5) is 14.9. The fourth-order valence-corrected chi connectivity index (χ4v) is 3.16. The maximum atomic E-state index is 12.0. The Morgan fingerprint density at radius 1 is 1.44 bits per heavy atom. The van der Waals surface area contributed by atoms with Crippen molar-refractivity contribution in [2.75, 3.05) is 18.9 Å². The molecule has 1 fully saturated rings. The number of rotatable bonds is 4. The number of carbonyl (C=O) groups excluding carboxylic acids is 1. The van der Waals surface area contributed by atoms with Crippen LogP contribution in [0.1, 0.15) is 12.8 Å². The molecule has 1 aromatic rings. The van der Waals surface area contributed by atoms with Crippen LogP contribution in [0.4, 0.5) is 0 Å². The molecular formula is C13H16BrNO2S. The number of benzene rings is 1. The van der Waals surface area contributed by atoms with Crippen LogP contribution < -0.4 is 0 Å². The number of likely N-dealkylation sites (tertiary alicyclic amines) is 1. The molecule has 0 bridgehead atoms. The highest BCUT2D eigenvalue weighted by Gasteiger charge is 2.27. The topological polar surface area (TPSA) is 40.5 Å². The van der Waals surface area contributed by atoms with E-state index in [1.54, 1.807) is 11.8 Å². The molecule has 1 amide bonds. The molecule has 0 radical (unpaired) electrons. The highest BCUT2D eigenvalue weighted by molar-refractivity contribution is 9.10. The van der Waals surface area contributed by atoms with Gasteiger partial charge in [-0.15, -0.1) is 11.8 Å². The molecule has 2 rings (SSSR count). The minimum absolute atomic E-state index is 0.0306. The van der Waals surface area contributed by atoms with Gasteiger partial charge in [0.1, 0.15) is 0 Å². The summed E-state index contributed by atoms with van der Waals surface area (Å²) in [5.41, 5.74) is 0. The normalized spacial score (nSPS) is 19.2. The molecule has 1 N–H and O–H groups in total. The molecule has 98 valence electrons. The molecule has 3 nitrogen and oxygen atoms in total. The number of halogens is 1. The summed E-state index contributed by atoms with van der Waals surface area (Å²) < 4.78 is 1.04. The molecule has 0 aromatic heterocycles. The summed E-state index contributed by atoms with van der Waals surface area (Å²) in [6.45, 7) is 0.861. The Hall–Kier alpha value is -0.520. The van der Waals surface area contributed by atoms with Crippen LogP contribution in [0.5, 0.6) is 0 Å². The van der Waals surface area contributed by atoms with E-state index in [9.17, 15) is 9.90 Å². The zero-order chi connectivity index (χ0) is 13.0. The molecule has 18 heavy (non-hydrogen) atoms. The lowest BCUT2D eigenvalue weighted by atomic mass is 10.2. The van der Waals surface area contributed by atoms with Crippen molar-refractivity contribution in [2.45, 2.75) is 23.8 Å². The molecule has 1 atom stereocenters. The molecular weight excluding hydrogens is 314 g/mol. The summed E-state index contributed by atoms with van der Waals surface area (Å²) >= 11 is 4.93. The van der Waals surface area contributed by atoms with Crippen LogP contribution in [-0.4, -0.2) is 40.9 Å². The van der Waals surface area contributed by atoms with Crippen molar-refractivity contribution >= 4 is 33.6 Å². The van der Waals surface area contributed by atoms with Gasteiger partial charge in [-0.05, 0) is 37.1 Å². The summed E-state index contributed by atoms with van der Waals surface area (Å²) in [6.07, 6.45) is 1.92. The second kappa shape index (κ2) is 6.59. The minimum atomic E-state index is 0.0306. The molecule has 0 unspecified atom stereocenters. The van der Waals surface area contributed by atoms with Gasteiger partial charge in [0.25, 0.3) is 0 Å². The smallest absolute Gasteiger partial charge is 0.233 e. The monoisotopic (exact) mass is 329 g/mol. The van der Waals surface area contributed by atoms with Crippen molar-refractivity contribution in [2.24, 2.45) is 0 Å². The Kier molecular flexibility index (Phi) is 5.09. The lowest BCUT2D eigenvalue weighted by Gasteiger charge is -2.22. The van der Waals surface area contributed by atoms with Gasteiger partial charge in [-0.25, -0.2) is 0 Å².